The van der Waals surface area contributed by atoms with Crippen molar-refractivity contribution in [2.45, 2.75) is 272 Å². The molecule has 0 aromatic carbocycles. The van der Waals surface area contributed by atoms with E-state index in [1.807, 2.05) is 0 Å². The summed E-state index contributed by atoms with van der Waals surface area (Å²) in [4.78, 5) is 13.2. The van der Waals surface area contributed by atoms with Gasteiger partial charge in [-0.1, -0.05) is 135 Å². The van der Waals surface area contributed by atoms with Crippen molar-refractivity contribution in [3.63, 3.8) is 0 Å². The maximum Gasteiger partial charge on any atom is 0.220 e. The number of amides is 1. The second kappa shape index (κ2) is 35.6. The monoisotopic (exact) mass is 996 g/mol. The Morgan fingerprint density at radius 2 is 0.913 bits per heavy atom. The summed E-state index contributed by atoms with van der Waals surface area (Å²) in [6.45, 7) is 1.68. The van der Waals surface area contributed by atoms with Crippen LogP contribution in [0.4, 0.5) is 0 Å². The van der Waals surface area contributed by atoms with Gasteiger partial charge in [-0.15, -0.1) is 0 Å². The topological polar surface area (TPSA) is 307 Å². The van der Waals surface area contributed by atoms with E-state index < -0.39 is 124 Å². The third-order valence-corrected chi connectivity index (χ3v) is 13.6. The van der Waals surface area contributed by atoms with E-state index >= 15 is 0 Å². The largest absolute Gasteiger partial charge is 0.394 e. The summed E-state index contributed by atoms with van der Waals surface area (Å²) in [6.07, 6.45) is 3.66. The van der Waals surface area contributed by atoms with Crippen LogP contribution in [0.15, 0.2) is 12.2 Å². The van der Waals surface area contributed by atoms with Crippen LogP contribution in [0, 0.1) is 0 Å². The van der Waals surface area contributed by atoms with Gasteiger partial charge >= 0.3 is 0 Å². The van der Waals surface area contributed by atoms with Crippen LogP contribution in [0.2, 0.25) is 0 Å². The number of hydrogen-bond acceptors (Lipinski definition) is 18. The molecule has 3 rings (SSSR count). The summed E-state index contributed by atoms with van der Waals surface area (Å²) >= 11 is 0. The minimum atomic E-state index is -1.97. The highest BCUT2D eigenvalue weighted by Gasteiger charge is 2.53. The number of carbonyl (C=O) groups is 1. The SMILES string of the molecule is CCCCCCCCC/C=C\CCCCCCCCCC(=O)NC(COC1OC(CO)C(OC2OC(CO)C(OC3OC(CO)C(O)C(O)C3O)C(O)C2O)C(O)C1O)C(O)CCCCCCCC. The Labute approximate surface area is 410 Å². The molecular formula is C50H93NO18. The predicted molar refractivity (Wildman–Crippen MR) is 254 cm³/mol. The number of carbonyl (C=O) groups excluding carboxylic acids is 1. The molecule has 3 saturated heterocycles. The van der Waals surface area contributed by atoms with Gasteiger partial charge in [-0.05, 0) is 38.5 Å². The second-order valence-corrected chi connectivity index (χ2v) is 19.3. The van der Waals surface area contributed by atoms with Gasteiger partial charge in [0.1, 0.15) is 73.2 Å². The number of hydrogen-bond donors (Lipinski definition) is 12. The van der Waals surface area contributed by atoms with E-state index in [4.69, 9.17) is 28.4 Å². The summed E-state index contributed by atoms with van der Waals surface area (Å²) in [5.41, 5.74) is 0. The van der Waals surface area contributed by atoms with Crippen LogP contribution in [0.5, 0.6) is 0 Å². The number of unbranched alkanes of at least 4 members (excludes halogenated alkanes) is 19. The lowest BCUT2D eigenvalue weighted by molar-refractivity contribution is -0.379. The molecule has 3 fully saturated rings. The second-order valence-electron chi connectivity index (χ2n) is 19.3. The number of rotatable bonds is 37. The zero-order valence-electron chi connectivity index (χ0n) is 41.5. The first-order chi connectivity index (χ1) is 33.3. The molecule has 0 aromatic rings. The molecule has 17 atom stereocenters. The van der Waals surface area contributed by atoms with E-state index in [1.54, 1.807) is 0 Å². The van der Waals surface area contributed by atoms with Crippen molar-refractivity contribution in [2.24, 2.45) is 0 Å². The van der Waals surface area contributed by atoms with Gasteiger partial charge in [-0.3, -0.25) is 4.79 Å². The molecule has 3 aliphatic heterocycles. The third-order valence-electron chi connectivity index (χ3n) is 13.6. The Bertz CT molecular complexity index is 1330. The Kier molecular flexibility index (Phi) is 31.9. The maximum atomic E-state index is 13.2. The van der Waals surface area contributed by atoms with E-state index in [1.165, 1.54) is 64.2 Å². The maximum absolute atomic E-state index is 13.2. The molecule has 406 valence electrons. The number of nitrogens with one attached hydrogen (secondary N) is 1. The van der Waals surface area contributed by atoms with Crippen LogP contribution in [-0.4, -0.2) is 193 Å². The Hall–Kier alpha value is -1.47. The highest BCUT2D eigenvalue weighted by atomic mass is 16.8. The molecule has 12 N–H and O–H groups in total. The van der Waals surface area contributed by atoms with Crippen LogP contribution in [-0.2, 0) is 33.2 Å². The first kappa shape index (κ1) is 61.8. The molecule has 3 aliphatic rings. The van der Waals surface area contributed by atoms with Crippen LogP contribution in [0.3, 0.4) is 0 Å². The number of allylic oxidation sites excluding steroid dienone is 2. The number of aliphatic hydroxyl groups excluding tert-OH is 11. The van der Waals surface area contributed by atoms with Crippen molar-refractivity contribution in [3.05, 3.63) is 12.2 Å². The first-order valence-corrected chi connectivity index (χ1v) is 26.4. The normalized spacial score (nSPS) is 32.9. The fourth-order valence-corrected chi connectivity index (χ4v) is 9.13. The average molecular weight is 996 g/mol. The van der Waals surface area contributed by atoms with E-state index in [0.717, 1.165) is 70.6 Å². The van der Waals surface area contributed by atoms with Gasteiger partial charge in [-0.25, -0.2) is 0 Å². The third kappa shape index (κ3) is 21.5. The molecule has 3 heterocycles. The van der Waals surface area contributed by atoms with Crippen LogP contribution in [0.1, 0.15) is 168 Å². The fourth-order valence-electron chi connectivity index (χ4n) is 9.13. The molecule has 0 bridgehead atoms. The van der Waals surface area contributed by atoms with Gasteiger partial charge in [0.25, 0.3) is 0 Å². The average Bonchev–Trinajstić information content (AvgIpc) is 3.34. The molecule has 0 aliphatic carbocycles. The van der Waals surface area contributed by atoms with Gasteiger partial charge in [0.2, 0.25) is 5.91 Å². The van der Waals surface area contributed by atoms with Gasteiger partial charge in [-0.2, -0.15) is 0 Å². The Morgan fingerprint density at radius 3 is 1.41 bits per heavy atom. The molecule has 19 heteroatoms. The van der Waals surface area contributed by atoms with Crippen LogP contribution < -0.4 is 5.32 Å². The molecule has 0 aromatic heterocycles. The van der Waals surface area contributed by atoms with Crippen LogP contribution in [0.25, 0.3) is 0 Å². The van der Waals surface area contributed by atoms with Gasteiger partial charge in [0.05, 0.1) is 38.6 Å². The fraction of sp³-hybridized carbons (Fsp3) is 0.940. The van der Waals surface area contributed by atoms with Crippen LogP contribution >= 0.6 is 0 Å². The summed E-state index contributed by atoms with van der Waals surface area (Å²) in [6, 6.07) is -0.881. The number of ether oxygens (including phenoxy) is 6. The molecule has 0 saturated carbocycles. The highest BCUT2D eigenvalue weighted by molar-refractivity contribution is 5.76. The lowest BCUT2D eigenvalue weighted by atomic mass is 9.96. The lowest BCUT2D eigenvalue weighted by Crippen LogP contribution is -2.66. The first-order valence-electron chi connectivity index (χ1n) is 26.4. The quantitative estimate of drug-likeness (QED) is 0.0314. The Morgan fingerprint density at radius 1 is 0.507 bits per heavy atom. The smallest absolute Gasteiger partial charge is 0.220 e. The highest BCUT2D eigenvalue weighted by Crippen LogP contribution is 2.33. The van der Waals surface area contributed by atoms with Gasteiger partial charge in [0, 0.05) is 6.42 Å². The summed E-state index contributed by atoms with van der Waals surface area (Å²) < 4.78 is 34.1. The molecule has 19 nitrogen and oxygen atoms in total. The van der Waals surface area contributed by atoms with Crippen molar-refractivity contribution < 1.29 is 89.4 Å². The summed E-state index contributed by atoms with van der Waals surface area (Å²) in [5.74, 6) is -0.254. The Balaban J connectivity index is 1.48. The number of aliphatic hydroxyl groups is 11. The molecule has 1 amide bonds. The van der Waals surface area contributed by atoms with Crippen molar-refractivity contribution >= 4 is 5.91 Å². The van der Waals surface area contributed by atoms with Crippen molar-refractivity contribution in [1.29, 1.82) is 0 Å². The van der Waals surface area contributed by atoms with E-state index in [0.29, 0.717) is 12.8 Å². The standard InChI is InChI=1S/C50H93NO18/c1-3-5-7-9-11-12-13-14-15-16-17-18-19-20-21-22-24-26-28-38(56)51-33(34(55)27-25-23-10-8-6-4-2)32-64-48-44(62)41(59)46(36(30-53)66-48)69-50-45(63)42(60)47(37(31-54)67-50)68-49-43(61)40(58)39(57)35(29-52)65-49/h15-16,33-37,39-50,52-55,57-63H,3-14,17-32H2,1-2H3,(H,51,56)/b16-15-. The van der Waals surface area contributed by atoms with Crippen molar-refractivity contribution in [3.8, 4) is 0 Å². The van der Waals surface area contributed by atoms with Crippen molar-refractivity contribution in [1.82, 2.24) is 5.32 Å². The lowest BCUT2D eigenvalue weighted by Gasteiger charge is -2.48. The molecular weight excluding hydrogens is 903 g/mol. The molecule has 0 spiro atoms. The van der Waals surface area contributed by atoms with E-state index in [9.17, 15) is 61.0 Å². The summed E-state index contributed by atoms with van der Waals surface area (Å²) in [7, 11) is 0. The minimum absolute atomic E-state index is 0.254. The van der Waals surface area contributed by atoms with E-state index in [-0.39, 0.29) is 18.9 Å². The molecule has 17 unspecified atom stereocenters. The minimum Gasteiger partial charge on any atom is -0.394 e. The molecule has 69 heavy (non-hydrogen) atoms. The molecule has 0 radical (unpaired) electrons. The van der Waals surface area contributed by atoms with Crippen molar-refractivity contribution in [2.75, 3.05) is 26.4 Å². The van der Waals surface area contributed by atoms with Gasteiger partial charge in [0.15, 0.2) is 18.9 Å². The van der Waals surface area contributed by atoms with Gasteiger partial charge < -0.3 is 89.9 Å². The zero-order chi connectivity index (χ0) is 50.6. The zero-order valence-corrected chi connectivity index (χ0v) is 41.5. The predicted octanol–water partition coefficient (Wildman–Crippen LogP) is 2.26. The van der Waals surface area contributed by atoms with E-state index in [2.05, 4.69) is 31.3 Å². The summed E-state index contributed by atoms with van der Waals surface area (Å²) in [5, 5.41) is 119.